The van der Waals surface area contributed by atoms with Crippen LogP contribution in [-0.4, -0.2) is 18.6 Å². The monoisotopic (exact) mass is 264 g/mol. The Bertz CT molecular complexity index is 468. The minimum absolute atomic E-state index is 0.00395. The third-order valence-electron chi connectivity index (χ3n) is 2.90. The first-order chi connectivity index (χ1) is 8.55. The summed E-state index contributed by atoms with van der Waals surface area (Å²) in [7, 11) is 1.58. The number of benzene rings is 1. The highest BCUT2D eigenvalue weighted by Gasteiger charge is 2.24. The van der Waals surface area contributed by atoms with Gasteiger partial charge in [-0.3, -0.25) is 4.79 Å². The van der Waals surface area contributed by atoms with Gasteiger partial charge in [-0.25, -0.2) is 0 Å². The molecule has 0 fully saturated rings. The Hall–Kier alpha value is -1.55. The molecular formula is C15H24N2O2. The van der Waals surface area contributed by atoms with Crippen LogP contribution >= 0.6 is 0 Å². The van der Waals surface area contributed by atoms with Crippen molar-refractivity contribution in [1.82, 2.24) is 0 Å². The lowest BCUT2D eigenvalue weighted by molar-refractivity contribution is -0.120. The predicted octanol–water partition coefficient (Wildman–Crippen LogP) is 2.67. The molecule has 0 spiro atoms. The van der Waals surface area contributed by atoms with E-state index in [1.807, 2.05) is 18.2 Å². The van der Waals surface area contributed by atoms with Gasteiger partial charge >= 0.3 is 0 Å². The summed E-state index contributed by atoms with van der Waals surface area (Å²) in [5, 5.41) is 2.82. The van der Waals surface area contributed by atoms with E-state index in [1.54, 1.807) is 21.0 Å². The van der Waals surface area contributed by atoms with Gasteiger partial charge in [0.1, 0.15) is 5.75 Å². The molecule has 106 valence electrons. The smallest absolute Gasteiger partial charge is 0.243 e. The highest BCUT2D eigenvalue weighted by Crippen LogP contribution is 2.31. The van der Waals surface area contributed by atoms with Gasteiger partial charge in [-0.05, 0) is 37.0 Å². The van der Waals surface area contributed by atoms with Crippen LogP contribution in [0.1, 0.15) is 40.2 Å². The van der Waals surface area contributed by atoms with E-state index >= 15 is 0 Å². The molecule has 0 radical (unpaired) electrons. The molecule has 0 aliphatic rings. The number of amides is 1. The number of anilines is 1. The summed E-state index contributed by atoms with van der Waals surface area (Å²) >= 11 is 0. The van der Waals surface area contributed by atoms with E-state index in [0.29, 0.717) is 11.4 Å². The van der Waals surface area contributed by atoms with Crippen LogP contribution in [0.15, 0.2) is 18.2 Å². The van der Waals surface area contributed by atoms with Gasteiger partial charge in [-0.2, -0.15) is 0 Å². The van der Waals surface area contributed by atoms with E-state index in [1.165, 1.54) is 0 Å². The zero-order valence-corrected chi connectivity index (χ0v) is 12.6. The van der Waals surface area contributed by atoms with Crippen molar-refractivity contribution in [3.63, 3.8) is 0 Å². The second-order valence-corrected chi connectivity index (χ2v) is 6.34. The van der Waals surface area contributed by atoms with Crippen LogP contribution in [0, 0.1) is 0 Å². The maximum absolute atomic E-state index is 12.0. The lowest BCUT2D eigenvalue weighted by atomic mass is 9.86. The van der Waals surface area contributed by atoms with E-state index in [4.69, 9.17) is 10.5 Å². The standard InChI is InChI=1S/C15H24N2O2/c1-14(2,3)10-7-8-12(19-6)11(9-10)17-13(18)15(4,5)16/h7-9H,16H2,1-6H3,(H,17,18). The zero-order chi connectivity index (χ0) is 14.8. The third kappa shape index (κ3) is 3.96. The van der Waals surface area contributed by atoms with Crippen LogP contribution in [0.3, 0.4) is 0 Å². The molecule has 0 saturated carbocycles. The van der Waals surface area contributed by atoms with E-state index < -0.39 is 5.54 Å². The number of ether oxygens (including phenoxy) is 1. The van der Waals surface area contributed by atoms with Gasteiger partial charge in [0.05, 0.1) is 18.3 Å². The molecule has 1 amide bonds. The maximum atomic E-state index is 12.0. The van der Waals surface area contributed by atoms with Gasteiger partial charge in [-0.15, -0.1) is 0 Å². The van der Waals surface area contributed by atoms with Gasteiger partial charge in [0.15, 0.2) is 0 Å². The van der Waals surface area contributed by atoms with Gasteiger partial charge in [0.25, 0.3) is 0 Å². The molecule has 0 unspecified atom stereocenters. The summed E-state index contributed by atoms with van der Waals surface area (Å²) in [6.07, 6.45) is 0. The van der Waals surface area contributed by atoms with Crippen LogP contribution in [0.2, 0.25) is 0 Å². The van der Waals surface area contributed by atoms with Crippen molar-refractivity contribution in [1.29, 1.82) is 0 Å². The highest BCUT2D eigenvalue weighted by atomic mass is 16.5. The van der Waals surface area contributed by atoms with E-state index in [0.717, 1.165) is 5.56 Å². The van der Waals surface area contributed by atoms with Crippen molar-refractivity contribution in [2.45, 2.75) is 45.6 Å². The van der Waals surface area contributed by atoms with Crippen molar-refractivity contribution in [3.05, 3.63) is 23.8 Å². The number of nitrogens with two attached hydrogens (primary N) is 1. The zero-order valence-electron chi connectivity index (χ0n) is 12.6. The summed E-state index contributed by atoms with van der Waals surface area (Å²) in [4.78, 5) is 12.0. The predicted molar refractivity (Wildman–Crippen MR) is 78.6 cm³/mol. The molecule has 1 aromatic carbocycles. The molecule has 0 aliphatic heterocycles. The molecule has 0 heterocycles. The Balaban J connectivity index is 3.14. The Morgan fingerprint density at radius 1 is 1.21 bits per heavy atom. The molecule has 4 nitrogen and oxygen atoms in total. The van der Waals surface area contributed by atoms with Gasteiger partial charge in [-0.1, -0.05) is 26.8 Å². The van der Waals surface area contributed by atoms with Crippen LogP contribution < -0.4 is 15.8 Å². The molecule has 0 atom stereocenters. The van der Waals surface area contributed by atoms with Crippen LogP contribution in [0.25, 0.3) is 0 Å². The number of hydrogen-bond acceptors (Lipinski definition) is 3. The normalized spacial score (nSPS) is 12.2. The first kappa shape index (κ1) is 15.5. The topological polar surface area (TPSA) is 64.3 Å². The number of nitrogens with one attached hydrogen (secondary N) is 1. The van der Waals surface area contributed by atoms with Crippen molar-refractivity contribution in [3.8, 4) is 5.75 Å². The van der Waals surface area contributed by atoms with Gasteiger partial charge in [0, 0.05) is 0 Å². The molecular weight excluding hydrogens is 240 g/mol. The fourth-order valence-corrected chi connectivity index (χ4v) is 1.56. The van der Waals surface area contributed by atoms with E-state index in [9.17, 15) is 4.79 Å². The first-order valence-electron chi connectivity index (χ1n) is 6.34. The summed E-state index contributed by atoms with van der Waals surface area (Å²) in [6.45, 7) is 9.69. The Morgan fingerprint density at radius 3 is 2.21 bits per heavy atom. The molecule has 3 N–H and O–H groups in total. The Labute approximate surface area is 115 Å². The second kappa shape index (κ2) is 5.21. The summed E-state index contributed by atoms with van der Waals surface area (Å²) in [6, 6.07) is 5.80. The number of carbonyl (C=O) groups excluding carboxylic acids is 1. The van der Waals surface area contributed by atoms with Crippen molar-refractivity contribution >= 4 is 11.6 Å². The molecule has 0 aromatic heterocycles. The average Bonchev–Trinajstić information content (AvgIpc) is 2.26. The van der Waals surface area contributed by atoms with Gasteiger partial charge < -0.3 is 15.8 Å². The molecule has 0 aliphatic carbocycles. The fraction of sp³-hybridized carbons (Fsp3) is 0.533. The number of carbonyl (C=O) groups is 1. The molecule has 0 saturated heterocycles. The van der Waals surface area contributed by atoms with Crippen molar-refractivity contribution in [2.75, 3.05) is 12.4 Å². The van der Waals surface area contributed by atoms with Crippen LogP contribution in [0.5, 0.6) is 5.75 Å². The SMILES string of the molecule is COc1ccc(C(C)(C)C)cc1NC(=O)C(C)(C)N. The number of methoxy groups -OCH3 is 1. The molecule has 0 bridgehead atoms. The van der Waals surface area contributed by atoms with Crippen molar-refractivity contribution in [2.24, 2.45) is 5.73 Å². The van der Waals surface area contributed by atoms with E-state index in [2.05, 4.69) is 26.1 Å². The molecule has 4 heteroatoms. The first-order valence-corrected chi connectivity index (χ1v) is 6.34. The van der Waals surface area contributed by atoms with Crippen LogP contribution in [-0.2, 0) is 10.2 Å². The highest BCUT2D eigenvalue weighted by molar-refractivity contribution is 5.98. The lowest BCUT2D eigenvalue weighted by Gasteiger charge is -2.23. The fourth-order valence-electron chi connectivity index (χ4n) is 1.56. The molecule has 1 aromatic rings. The van der Waals surface area contributed by atoms with E-state index in [-0.39, 0.29) is 11.3 Å². The Morgan fingerprint density at radius 2 is 1.79 bits per heavy atom. The summed E-state index contributed by atoms with van der Waals surface area (Å²) in [5.41, 5.74) is 6.64. The molecule has 1 rings (SSSR count). The molecule has 19 heavy (non-hydrogen) atoms. The minimum atomic E-state index is -0.928. The summed E-state index contributed by atoms with van der Waals surface area (Å²) < 4.78 is 5.27. The largest absolute Gasteiger partial charge is 0.495 e. The maximum Gasteiger partial charge on any atom is 0.243 e. The Kier molecular flexibility index (Phi) is 4.25. The quantitative estimate of drug-likeness (QED) is 0.882. The van der Waals surface area contributed by atoms with Gasteiger partial charge in [0.2, 0.25) is 5.91 Å². The van der Waals surface area contributed by atoms with Crippen molar-refractivity contribution < 1.29 is 9.53 Å². The summed E-state index contributed by atoms with van der Waals surface area (Å²) in [5.74, 6) is 0.391. The lowest BCUT2D eigenvalue weighted by Crippen LogP contribution is -2.45. The third-order valence-corrected chi connectivity index (χ3v) is 2.90. The number of hydrogen-bond donors (Lipinski definition) is 2. The minimum Gasteiger partial charge on any atom is -0.495 e. The average molecular weight is 264 g/mol. The van der Waals surface area contributed by atoms with Crippen LogP contribution in [0.4, 0.5) is 5.69 Å². The second-order valence-electron chi connectivity index (χ2n) is 6.34. The number of rotatable bonds is 3.